The molecule has 0 atom stereocenters. The third-order valence-electron chi connectivity index (χ3n) is 3.39. The molecule has 0 aliphatic carbocycles. The maximum absolute atomic E-state index is 12.2. The van der Waals surface area contributed by atoms with Crippen LogP contribution in [0.4, 0.5) is 5.69 Å². The second-order valence-electron chi connectivity index (χ2n) is 5.03. The number of halogens is 1. The highest BCUT2D eigenvalue weighted by Crippen LogP contribution is 2.21. The molecule has 0 bridgehead atoms. The zero-order valence-electron chi connectivity index (χ0n) is 11.6. The molecule has 0 saturated heterocycles. The van der Waals surface area contributed by atoms with Crippen LogP contribution in [0.1, 0.15) is 5.56 Å². The maximum Gasteiger partial charge on any atom is 0.244 e. The van der Waals surface area contributed by atoms with E-state index in [4.69, 9.17) is 11.6 Å². The predicted molar refractivity (Wildman–Crippen MR) is 86.8 cm³/mol. The average Bonchev–Trinajstić information content (AvgIpc) is 2.83. The van der Waals surface area contributed by atoms with E-state index in [9.17, 15) is 4.79 Å². The van der Waals surface area contributed by atoms with Crippen molar-refractivity contribution in [3.8, 4) is 0 Å². The minimum Gasteiger partial charge on any atom is -0.338 e. The van der Waals surface area contributed by atoms with E-state index in [0.29, 0.717) is 10.7 Å². The van der Waals surface area contributed by atoms with Gasteiger partial charge in [0.15, 0.2) is 0 Å². The number of hydrogen-bond acceptors (Lipinski definition) is 1. The molecule has 0 radical (unpaired) electrons. The fourth-order valence-corrected chi connectivity index (χ4v) is 2.55. The SMILES string of the molecule is Cc1ccc2c(ccn2CC(=O)Nc2ccccc2Cl)c1. The third kappa shape index (κ3) is 2.93. The van der Waals surface area contributed by atoms with Gasteiger partial charge in [0.2, 0.25) is 5.91 Å². The zero-order chi connectivity index (χ0) is 14.8. The Hall–Kier alpha value is -2.26. The number of amides is 1. The number of aryl methyl sites for hydroxylation is 1. The molecule has 2 aromatic carbocycles. The number of nitrogens with one attached hydrogen (secondary N) is 1. The minimum atomic E-state index is -0.0961. The highest BCUT2D eigenvalue weighted by Gasteiger charge is 2.08. The molecule has 21 heavy (non-hydrogen) atoms. The first-order valence-electron chi connectivity index (χ1n) is 6.73. The van der Waals surface area contributed by atoms with Gasteiger partial charge in [0.25, 0.3) is 0 Å². The first kappa shape index (κ1) is 13.7. The summed E-state index contributed by atoms with van der Waals surface area (Å²) >= 11 is 6.04. The zero-order valence-corrected chi connectivity index (χ0v) is 12.4. The molecule has 106 valence electrons. The van der Waals surface area contributed by atoms with Gasteiger partial charge < -0.3 is 9.88 Å². The van der Waals surface area contributed by atoms with E-state index in [1.54, 1.807) is 12.1 Å². The van der Waals surface area contributed by atoms with E-state index < -0.39 is 0 Å². The van der Waals surface area contributed by atoms with E-state index >= 15 is 0 Å². The van der Waals surface area contributed by atoms with Crippen LogP contribution in [0, 0.1) is 6.92 Å². The Morgan fingerprint density at radius 2 is 2.00 bits per heavy atom. The maximum atomic E-state index is 12.2. The van der Waals surface area contributed by atoms with E-state index in [1.807, 2.05) is 41.1 Å². The van der Waals surface area contributed by atoms with Crippen LogP contribution in [0.3, 0.4) is 0 Å². The lowest BCUT2D eigenvalue weighted by Gasteiger charge is -2.08. The van der Waals surface area contributed by atoms with Crippen LogP contribution in [0.25, 0.3) is 10.9 Å². The van der Waals surface area contributed by atoms with Gasteiger partial charge in [0.05, 0.1) is 10.7 Å². The van der Waals surface area contributed by atoms with Gasteiger partial charge in [-0.3, -0.25) is 4.79 Å². The second-order valence-corrected chi connectivity index (χ2v) is 5.44. The average molecular weight is 299 g/mol. The number of carbonyl (C=O) groups is 1. The predicted octanol–water partition coefficient (Wildman–Crippen LogP) is 4.24. The Balaban J connectivity index is 1.79. The molecule has 4 heteroatoms. The third-order valence-corrected chi connectivity index (χ3v) is 3.72. The van der Waals surface area contributed by atoms with E-state index in [-0.39, 0.29) is 12.5 Å². The van der Waals surface area contributed by atoms with Gasteiger partial charge in [-0.05, 0) is 42.6 Å². The number of rotatable bonds is 3. The number of nitrogens with zero attached hydrogens (tertiary/aromatic N) is 1. The van der Waals surface area contributed by atoms with Crippen molar-refractivity contribution in [2.45, 2.75) is 13.5 Å². The first-order valence-corrected chi connectivity index (χ1v) is 7.11. The first-order chi connectivity index (χ1) is 10.1. The summed E-state index contributed by atoms with van der Waals surface area (Å²) in [4.78, 5) is 12.2. The second kappa shape index (κ2) is 5.62. The molecule has 1 aromatic heterocycles. The van der Waals surface area contributed by atoms with Gasteiger partial charge in [-0.25, -0.2) is 0 Å². The summed E-state index contributed by atoms with van der Waals surface area (Å²) in [5.41, 5.74) is 2.90. The fraction of sp³-hybridized carbons (Fsp3) is 0.118. The number of anilines is 1. The number of hydrogen-bond donors (Lipinski definition) is 1. The molecule has 3 nitrogen and oxygen atoms in total. The van der Waals surface area contributed by atoms with Crippen LogP contribution in [0.15, 0.2) is 54.7 Å². The van der Waals surface area contributed by atoms with Crippen molar-refractivity contribution < 1.29 is 4.79 Å². The van der Waals surface area contributed by atoms with Crippen LogP contribution >= 0.6 is 11.6 Å². The smallest absolute Gasteiger partial charge is 0.244 e. The van der Waals surface area contributed by atoms with Crippen LogP contribution in [-0.4, -0.2) is 10.5 Å². The van der Waals surface area contributed by atoms with Crippen molar-refractivity contribution in [2.24, 2.45) is 0 Å². The van der Waals surface area contributed by atoms with E-state index in [1.165, 1.54) is 5.56 Å². The molecular formula is C17H15ClN2O. The van der Waals surface area contributed by atoms with E-state index in [0.717, 1.165) is 10.9 Å². The minimum absolute atomic E-state index is 0.0961. The lowest BCUT2D eigenvalue weighted by atomic mass is 10.2. The number of aromatic nitrogens is 1. The van der Waals surface area contributed by atoms with Crippen LogP contribution in [0.2, 0.25) is 5.02 Å². The molecule has 3 aromatic rings. The number of benzene rings is 2. The molecule has 0 aliphatic rings. The Bertz CT molecular complexity index is 807. The Morgan fingerprint density at radius 3 is 2.81 bits per heavy atom. The van der Waals surface area contributed by atoms with Gasteiger partial charge in [-0.15, -0.1) is 0 Å². The highest BCUT2D eigenvalue weighted by atomic mass is 35.5. The van der Waals surface area contributed by atoms with Crippen molar-refractivity contribution in [2.75, 3.05) is 5.32 Å². The van der Waals surface area contributed by atoms with Crippen molar-refractivity contribution in [3.05, 3.63) is 65.3 Å². The quantitative estimate of drug-likeness (QED) is 0.771. The summed E-state index contributed by atoms with van der Waals surface area (Å²) in [5.74, 6) is -0.0961. The standard InChI is InChI=1S/C17H15ClN2O/c1-12-6-7-16-13(10-12)8-9-20(16)11-17(21)19-15-5-3-2-4-14(15)18/h2-10H,11H2,1H3,(H,19,21). The lowest BCUT2D eigenvalue weighted by Crippen LogP contribution is -2.18. The summed E-state index contributed by atoms with van der Waals surface area (Å²) in [6.45, 7) is 2.32. The molecule has 0 saturated carbocycles. The number of fused-ring (bicyclic) bond motifs is 1. The molecule has 1 amide bonds. The van der Waals surface area contributed by atoms with Crippen molar-refractivity contribution in [1.29, 1.82) is 0 Å². The highest BCUT2D eigenvalue weighted by molar-refractivity contribution is 6.33. The number of carbonyl (C=O) groups excluding carboxylic acids is 1. The molecule has 3 rings (SSSR count). The Labute approximate surface area is 128 Å². The molecule has 0 fully saturated rings. The van der Waals surface area contributed by atoms with Crippen LogP contribution < -0.4 is 5.32 Å². The molecule has 0 spiro atoms. The van der Waals surface area contributed by atoms with Gasteiger partial charge in [0, 0.05) is 11.7 Å². The molecular weight excluding hydrogens is 284 g/mol. The Morgan fingerprint density at radius 1 is 1.19 bits per heavy atom. The Kier molecular flexibility index (Phi) is 3.67. The summed E-state index contributed by atoms with van der Waals surface area (Å²) < 4.78 is 1.93. The van der Waals surface area contributed by atoms with Gasteiger partial charge >= 0.3 is 0 Å². The molecule has 1 heterocycles. The topological polar surface area (TPSA) is 34.0 Å². The van der Waals surface area contributed by atoms with E-state index in [2.05, 4.69) is 18.3 Å². The summed E-state index contributed by atoms with van der Waals surface area (Å²) in [6, 6.07) is 15.4. The van der Waals surface area contributed by atoms with Crippen molar-refractivity contribution >= 4 is 34.1 Å². The normalized spacial score (nSPS) is 10.8. The number of para-hydroxylation sites is 1. The fourth-order valence-electron chi connectivity index (χ4n) is 2.36. The summed E-state index contributed by atoms with van der Waals surface area (Å²) in [7, 11) is 0. The van der Waals surface area contributed by atoms with Crippen molar-refractivity contribution in [1.82, 2.24) is 4.57 Å². The largest absolute Gasteiger partial charge is 0.338 e. The monoisotopic (exact) mass is 298 g/mol. The molecule has 0 unspecified atom stereocenters. The lowest BCUT2D eigenvalue weighted by molar-refractivity contribution is -0.116. The molecule has 1 N–H and O–H groups in total. The van der Waals surface area contributed by atoms with Gasteiger partial charge in [-0.2, -0.15) is 0 Å². The summed E-state index contributed by atoms with van der Waals surface area (Å²) in [6.07, 6.45) is 1.93. The van der Waals surface area contributed by atoms with Gasteiger partial charge in [-0.1, -0.05) is 35.4 Å². The van der Waals surface area contributed by atoms with Crippen LogP contribution in [-0.2, 0) is 11.3 Å². The van der Waals surface area contributed by atoms with Crippen molar-refractivity contribution in [3.63, 3.8) is 0 Å². The molecule has 0 aliphatic heterocycles. The van der Waals surface area contributed by atoms with Gasteiger partial charge in [0.1, 0.15) is 6.54 Å². The summed E-state index contributed by atoms with van der Waals surface area (Å²) in [5, 5.41) is 4.51. The van der Waals surface area contributed by atoms with Crippen LogP contribution in [0.5, 0.6) is 0 Å².